The molecule has 5 heteroatoms. The lowest BCUT2D eigenvalue weighted by Gasteiger charge is -2.05. The molecule has 2 aromatic rings. The van der Waals surface area contributed by atoms with Gasteiger partial charge >= 0.3 is 5.97 Å². The van der Waals surface area contributed by atoms with Gasteiger partial charge in [0, 0.05) is 24.9 Å². The zero-order chi connectivity index (χ0) is 14.4. The molecule has 0 aliphatic carbocycles. The highest BCUT2D eigenvalue weighted by Crippen LogP contribution is 2.08. The summed E-state index contributed by atoms with van der Waals surface area (Å²) in [5.41, 5.74) is 3.13. The second-order valence-corrected chi connectivity index (χ2v) is 5.73. The number of thiazole rings is 1. The lowest BCUT2D eigenvalue weighted by atomic mass is 10.1. The van der Waals surface area contributed by atoms with Gasteiger partial charge in [0.2, 0.25) is 0 Å². The van der Waals surface area contributed by atoms with Crippen LogP contribution in [0, 0.1) is 6.92 Å². The lowest BCUT2D eigenvalue weighted by Crippen LogP contribution is -2.16. The van der Waals surface area contributed by atoms with Crippen LogP contribution in [0.4, 0.5) is 0 Å². The summed E-state index contributed by atoms with van der Waals surface area (Å²) in [6.45, 7) is 3.69. The van der Waals surface area contributed by atoms with Crippen LogP contribution >= 0.6 is 11.3 Å². The highest BCUT2D eigenvalue weighted by Gasteiger charge is 2.01. The lowest BCUT2D eigenvalue weighted by molar-refractivity contribution is -0.136. The third kappa shape index (κ3) is 4.75. The number of rotatable bonds is 7. The number of nitrogens with zero attached hydrogens (tertiary/aromatic N) is 1. The van der Waals surface area contributed by atoms with Crippen molar-refractivity contribution in [2.75, 3.05) is 6.54 Å². The molecule has 106 valence electrons. The van der Waals surface area contributed by atoms with Gasteiger partial charge < -0.3 is 10.4 Å². The molecule has 0 spiro atoms. The van der Waals surface area contributed by atoms with Gasteiger partial charge in [0.15, 0.2) is 0 Å². The summed E-state index contributed by atoms with van der Waals surface area (Å²) >= 11 is 1.68. The molecule has 20 heavy (non-hydrogen) atoms. The smallest absolute Gasteiger partial charge is 0.307 e. The maximum absolute atomic E-state index is 10.6. The van der Waals surface area contributed by atoms with Crippen LogP contribution in [0.5, 0.6) is 0 Å². The first-order chi connectivity index (χ1) is 9.63. The second-order valence-electron chi connectivity index (χ2n) is 4.67. The molecule has 2 rings (SSSR count). The number of carboxylic acids is 1. The standard InChI is InChI=1S/C15H18N2O2S/c1-11-17-14(10-20-11)6-7-16-9-13-4-2-12(3-5-13)8-15(18)19/h2-5,10,16H,6-9H2,1H3,(H,18,19). The number of hydrogen-bond donors (Lipinski definition) is 2. The van der Waals surface area contributed by atoms with Crippen molar-refractivity contribution in [3.63, 3.8) is 0 Å². The summed E-state index contributed by atoms with van der Waals surface area (Å²) in [6.07, 6.45) is 1.01. The fourth-order valence-corrected chi connectivity index (χ4v) is 2.57. The van der Waals surface area contributed by atoms with E-state index in [9.17, 15) is 4.79 Å². The van der Waals surface area contributed by atoms with Gasteiger partial charge in [-0.05, 0) is 18.1 Å². The number of carbonyl (C=O) groups is 1. The Hall–Kier alpha value is -1.72. The summed E-state index contributed by atoms with van der Waals surface area (Å²) in [6, 6.07) is 7.68. The van der Waals surface area contributed by atoms with Crippen molar-refractivity contribution in [1.29, 1.82) is 0 Å². The molecule has 1 aromatic heterocycles. The number of aryl methyl sites for hydroxylation is 1. The van der Waals surface area contributed by atoms with Crippen LogP contribution in [0.25, 0.3) is 0 Å². The largest absolute Gasteiger partial charge is 0.481 e. The first-order valence-electron chi connectivity index (χ1n) is 6.55. The third-order valence-corrected chi connectivity index (χ3v) is 3.75. The van der Waals surface area contributed by atoms with E-state index >= 15 is 0 Å². The van der Waals surface area contributed by atoms with Gasteiger partial charge in [0.25, 0.3) is 0 Å². The molecule has 0 unspecified atom stereocenters. The molecule has 4 nitrogen and oxygen atoms in total. The quantitative estimate of drug-likeness (QED) is 0.769. The van der Waals surface area contributed by atoms with E-state index in [1.807, 2.05) is 31.2 Å². The Kier molecular flexibility index (Phi) is 5.26. The molecule has 1 heterocycles. The number of aliphatic carboxylic acids is 1. The molecule has 0 amide bonds. The van der Waals surface area contributed by atoms with E-state index in [4.69, 9.17) is 5.11 Å². The van der Waals surface area contributed by atoms with Crippen LogP contribution in [0.1, 0.15) is 21.8 Å². The molecule has 0 fully saturated rings. The summed E-state index contributed by atoms with van der Waals surface area (Å²) in [5.74, 6) is -0.797. The van der Waals surface area contributed by atoms with Crippen LogP contribution in [0.2, 0.25) is 0 Å². The zero-order valence-electron chi connectivity index (χ0n) is 11.4. The number of hydrogen-bond acceptors (Lipinski definition) is 4. The maximum atomic E-state index is 10.6. The van der Waals surface area contributed by atoms with E-state index in [-0.39, 0.29) is 6.42 Å². The summed E-state index contributed by atoms with van der Waals surface area (Å²) in [5, 5.41) is 15.3. The predicted octanol–water partition coefficient (Wildman–Crippen LogP) is 2.41. The normalized spacial score (nSPS) is 10.7. The van der Waals surface area contributed by atoms with Crippen molar-refractivity contribution in [1.82, 2.24) is 10.3 Å². The van der Waals surface area contributed by atoms with Crippen molar-refractivity contribution < 1.29 is 9.90 Å². The van der Waals surface area contributed by atoms with Gasteiger partial charge in [0.1, 0.15) is 0 Å². The van der Waals surface area contributed by atoms with Crippen LogP contribution < -0.4 is 5.32 Å². The van der Waals surface area contributed by atoms with Crippen LogP contribution in [0.3, 0.4) is 0 Å². The van der Waals surface area contributed by atoms with E-state index in [0.29, 0.717) is 0 Å². The van der Waals surface area contributed by atoms with Crippen molar-refractivity contribution in [3.8, 4) is 0 Å². The van der Waals surface area contributed by atoms with Crippen LogP contribution in [-0.2, 0) is 24.2 Å². The topological polar surface area (TPSA) is 62.2 Å². The van der Waals surface area contributed by atoms with E-state index in [0.717, 1.165) is 41.3 Å². The highest BCUT2D eigenvalue weighted by molar-refractivity contribution is 7.09. The van der Waals surface area contributed by atoms with E-state index in [2.05, 4.69) is 15.7 Å². The number of nitrogens with one attached hydrogen (secondary N) is 1. The zero-order valence-corrected chi connectivity index (χ0v) is 12.2. The second kappa shape index (κ2) is 7.17. The van der Waals surface area contributed by atoms with Gasteiger partial charge in [0.05, 0.1) is 17.1 Å². The fraction of sp³-hybridized carbons (Fsp3) is 0.333. The monoisotopic (exact) mass is 290 g/mol. The highest BCUT2D eigenvalue weighted by atomic mass is 32.1. The molecular formula is C15H18N2O2S. The Morgan fingerprint density at radius 2 is 2.00 bits per heavy atom. The number of aromatic nitrogens is 1. The molecule has 0 saturated heterocycles. The SMILES string of the molecule is Cc1nc(CCNCc2ccc(CC(=O)O)cc2)cs1. The first kappa shape index (κ1) is 14.7. The van der Waals surface area contributed by atoms with Gasteiger partial charge in [-0.1, -0.05) is 24.3 Å². The van der Waals surface area contributed by atoms with Crippen molar-refractivity contribution in [2.45, 2.75) is 26.3 Å². The minimum atomic E-state index is -0.797. The van der Waals surface area contributed by atoms with E-state index in [1.165, 1.54) is 0 Å². The third-order valence-electron chi connectivity index (χ3n) is 2.93. The predicted molar refractivity (Wildman–Crippen MR) is 80.0 cm³/mol. The summed E-state index contributed by atoms with van der Waals surface area (Å²) < 4.78 is 0. The minimum Gasteiger partial charge on any atom is -0.481 e. The van der Waals surface area contributed by atoms with Crippen LogP contribution in [-0.4, -0.2) is 22.6 Å². The van der Waals surface area contributed by atoms with Crippen molar-refractivity contribution >= 4 is 17.3 Å². The molecule has 2 N–H and O–H groups in total. The van der Waals surface area contributed by atoms with E-state index < -0.39 is 5.97 Å². The van der Waals surface area contributed by atoms with Crippen molar-refractivity contribution in [3.05, 3.63) is 51.5 Å². The summed E-state index contributed by atoms with van der Waals surface area (Å²) in [4.78, 5) is 15.0. The molecule has 0 bridgehead atoms. The Labute approximate surface area is 122 Å². The number of carboxylic acid groups (broad SMARTS) is 1. The maximum Gasteiger partial charge on any atom is 0.307 e. The Bertz CT molecular complexity index is 564. The Morgan fingerprint density at radius 3 is 2.60 bits per heavy atom. The summed E-state index contributed by atoms with van der Waals surface area (Å²) in [7, 11) is 0. The average Bonchev–Trinajstić information content (AvgIpc) is 2.82. The molecule has 0 atom stereocenters. The average molecular weight is 290 g/mol. The molecular weight excluding hydrogens is 272 g/mol. The molecule has 0 radical (unpaired) electrons. The molecule has 0 aliphatic rings. The molecule has 1 aromatic carbocycles. The minimum absolute atomic E-state index is 0.0802. The fourth-order valence-electron chi connectivity index (χ4n) is 1.92. The van der Waals surface area contributed by atoms with Crippen LogP contribution in [0.15, 0.2) is 29.6 Å². The van der Waals surface area contributed by atoms with Crippen molar-refractivity contribution in [2.24, 2.45) is 0 Å². The van der Waals surface area contributed by atoms with Gasteiger partial charge in [-0.15, -0.1) is 11.3 Å². The van der Waals surface area contributed by atoms with Gasteiger partial charge in [-0.3, -0.25) is 4.79 Å². The van der Waals surface area contributed by atoms with Gasteiger partial charge in [-0.2, -0.15) is 0 Å². The Morgan fingerprint density at radius 1 is 1.30 bits per heavy atom. The van der Waals surface area contributed by atoms with Gasteiger partial charge in [-0.25, -0.2) is 4.98 Å². The Balaban J connectivity index is 1.72. The molecule has 0 saturated carbocycles. The van der Waals surface area contributed by atoms with E-state index in [1.54, 1.807) is 11.3 Å². The number of benzene rings is 1. The molecule has 0 aliphatic heterocycles. The first-order valence-corrected chi connectivity index (χ1v) is 7.43.